The van der Waals surface area contributed by atoms with Crippen LogP contribution in [0.5, 0.6) is 0 Å². The van der Waals surface area contributed by atoms with Crippen molar-refractivity contribution in [1.82, 2.24) is 0 Å². The summed E-state index contributed by atoms with van der Waals surface area (Å²) in [5.41, 5.74) is 1.78. The Morgan fingerprint density at radius 2 is 1.92 bits per heavy atom. The van der Waals surface area contributed by atoms with Crippen LogP contribution in [0.25, 0.3) is 5.57 Å². The molecule has 1 aliphatic heterocycles. The molecular weight excluding hydrogens is 164 g/mol. The molecule has 2 heteroatoms. The third-order valence-electron chi connectivity index (χ3n) is 1.93. The van der Waals surface area contributed by atoms with Crippen molar-refractivity contribution in [3.05, 3.63) is 54.3 Å². The molecule has 1 N–H and O–H groups in total. The molecule has 2 rings (SSSR count). The lowest BCUT2D eigenvalue weighted by Crippen LogP contribution is -2.12. The highest BCUT2D eigenvalue weighted by atomic mass is 16.6. The molecule has 0 aliphatic carbocycles. The molecule has 1 heterocycles. The number of benzene rings is 1. The quantitative estimate of drug-likeness (QED) is 0.705. The van der Waals surface area contributed by atoms with Gasteiger partial charge in [-0.25, -0.2) is 0 Å². The summed E-state index contributed by atoms with van der Waals surface area (Å²) in [5, 5.41) is 9.48. The van der Waals surface area contributed by atoms with E-state index in [-0.39, 0.29) is 0 Å². The Labute approximate surface area is 76.8 Å². The van der Waals surface area contributed by atoms with Gasteiger partial charge in [-0.2, -0.15) is 0 Å². The van der Waals surface area contributed by atoms with Gasteiger partial charge >= 0.3 is 0 Å². The van der Waals surface area contributed by atoms with Crippen molar-refractivity contribution < 1.29 is 9.84 Å². The van der Waals surface area contributed by atoms with Gasteiger partial charge in [-0.3, -0.25) is 0 Å². The largest absolute Gasteiger partial charge is 0.468 e. The van der Waals surface area contributed by atoms with Crippen molar-refractivity contribution in [2.75, 3.05) is 0 Å². The first-order chi connectivity index (χ1) is 6.38. The molecule has 0 saturated heterocycles. The van der Waals surface area contributed by atoms with Gasteiger partial charge in [0.25, 0.3) is 0 Å². The number of allylic oxidation sites excluding steroid dienone is 2. The van der Waals surface area contributed by atoms with Crippen LogP contribution in [-0.4, -0.2) is 11.4 Å². The molecule has 0 aromatic heterocycles. The van der Waals surface area contributed by atoms with Crippen LogP contribution in [0.3, 0.4) is 0 Å². The highest BCUT2D eigenvalue weighted by Crippen LogP contribution is 2.21. The Morgan fingerprint density at radius 3 is 2.62 bits per heavy atom. The number of hydrogen-bond acceptors (Lipinski definition) is 2. The van der Waals surface area contributed by atoms with E-state index in [0.717, 1.165) is 11.1 Å². The van der Waals surface area contributed by atoms with Crippen LogP contribution in [0.4, 0.5) is 0 Å². The fourth-order valence-electron chi connectivity index (χ4n) is 1.29. The van der Waals surface area contributed by atoms with Gasteiger partial charge in [0.15, 0.2) is 0 Å². The van der Waals surface area contributed by atoms with Crippen LogP contribution in [0, 0.1) is 0 Å². The number of aliphatic hydroxyl groups excluding tert-OH is 1. The molecule has 1 unspecified atom stereocenters. The van der Waals surface area contributed by atoms with E-state index >= 15 is 0 Å². The zero-order valence-corrected chi connectivity index (χ0v) is 7.05. The number of ether oxygens (including phenoxy) is 1. The van der Waals surface area contributed by atoms with Gasteiger partial charge in [0.05, 0.1) is 6.26 Å². The zero-order chi connectivity index (χ0) is 9.10. The third kappa shape index (κ3) is 1.63. The van der Waals surface area contributed by atoms with E-state index in [1.54, 1.807) is 6.08 Å². The van der Waals surface area contributed by atoms with E-state index < -0.39 is 6.29 Å². The van der Waals surface area contributed by atoms with Crippen molar-refractivity contribution in [2.45, 2.75) is 6.29 Å². The van der Waals surface area contributed by atoms with Crippen LogP contribution < -0.4 is 0 Å². The van der Waals surface area contributed by atoms with Crippen molar-refractivity contribution in [3.8, 4) is 0 Å². The Morgan fingerprint density at radius 1 is 1.15 bits per heavy atom. The van der Waals surface area contributed by atoms with Gasteiger partial charge in [0, 0.05) is 5.57 Å². The lowest BCUT2D eigenvalue weighted by Gasteiger charge is -2.16. The molecule has 0 fully saturated rings. The Kier molecular flexibility index (Phi) is 2.15. The topological polar surface area (TPSA) is 29.5 Å². The summed E-state index contributed by atoms with van der Waals surface area (Å²) in [6.07, 6.45) is 4.27. The molecule has 0 bridgehead atoms. The second-order valence-corrected chi connectivity index (χ2v) is 2.81. The first-order valence-electron chi connectivity index (χ1n) is 4.13. The summed E-state index contributed by atoms with van der Waals surface area (Å²) < 4.78 is 4.95. The van der Waals surface area contributed by atoms with E-state index in [2.05, 4.69) is 0 Å². The van der Waals surface area contributed by atoms with Gasteiger partial charge in [0.1, 0.15) is 0 Å². The normalized spacial score (nSPS) is 20.7. The summed E-state index contributed by atoms with van der Waals surface area (Å²) in [5.74, 6) is 0. The van der Waals surface area contributed by atoms with Crippen molar-refractivity contribution in [3.63, 3.8) is 0 Å². The summed E-state index contributed by atoms with van der Waals surface area (Å²) in [4.78, 5) is 0. The predicted octanol–water partition coefficient (Wildman–Crippen LogP) is 1.93. The summed E-state index contributed by atoms with van der Waals surface area (Å²) in [6.45, 7) is 0. The average molecular weight is 174 g/mol. The third-order valence-corrected chi connectivity index (χ3v) is 1.93. The maximum Gasteiger partial charge on any atom is 0.223 e. The minimum atomic E-state index is -0.840. The van der Waals surface area contributed by atoms with Gasteiger partial charge in [-0.05, 0) is 17.7 Å². The predicted molar refractivity (Wildman–Crippen MR) is 50.7 cm³/mol. The monoisotopic (exact) mass is 174 g/mol. The van der Waals surface area contributed by atoms with E-state index in [1.165, 1.54) is 6.26 Å². The maximum absolute atomic E-state index is 9.48. The summed E-state index contributed by atoms with van der Waals surface area (Å²) >= 11 is 0. The van der Waals surface area contributed by atoms with Crippen LogP contribution in [0.15, 0.2) is 48.7 Å². The van der Waals surface area contributed by atoms with Crippen LogP contribution in [0.1, 0.15) is 5.56 Å². The van der Waals surface area contributed by atoms with Crippen molar-refractivity contribution >= 4 is 5.57 Å². The number of hydrogen-bond donors (Lipinski definition) is 1. The minimum absolute atomic E-state index is 0.795. The summed E-state index contributed by atoms with van der Waals surface area (Å²) in [7, 11) is 0. The van der Waals surface area contributed by atoms with E-state index in [0.29, 0.717) is 0 Å². The Balaban J connectivity index is 2.35. The Bertz CT molecular complexity index is 338. The highest BCUT2D eigenvalue weighted by molar-refractivity contribution is 5.69. The minimum Gasteiger partial charge on any atom is -0.468 e. The lowest BCUT2D eigenvalue weighted by atomic mass is 10.0. The fourth-order valence-corrected chi connectivity index (χ4v) is 1.29. The standard InChI is InChI=1S/C11H10O2/c12-11-10(7-4-8-13-11)9-5-2-1-3-6-9/h1-8,11-12H. The first kappa shape index (κ1) is 8.08. The highest BCUT2D eigenvalue weighted by Gasteiger charge is 2.13. The van der Waals surface area contributed by atoms with Gasteiger partial charge < -0.3 is 9.84 Å². The van der Waals surface area contributed by atoms with Gasteiger partial charge in [-0.15, -0.1) is 0 Å². The van der Waals surface area contributed by atoms with E-state index in [4.69, 9.17) is 4.74 Å². The van der Waals surface area contributed by atoms with Crippen molar-refractivity contribution in [1.29, 1.82) is 0 Å². The molecule has 1 aliphatic rings. The van der Waals surface area contributed by atoms with Crippen molar-refractivity contribution in [2.24, 2.45) is 0 Å². The van der Waals surface area contributed by atoms with Crippen LogP contribution >= 0.6 is 0 Å². The molecule has 2 nitrogen and oxygen atoms in total. The molecule has 66 valence electrons. The van der Waals surface area contributed by atoms with E-state index in [1.807, 2.05) is 36.4 Å². The smallest absolute Gasteiger partial charge is 0.223 e. The molecule has 0 spiro atoms. The second kappa shape index (κ2) is 3.46. The molecule has 0 radical (unpaired) electrons. The van der Waals surface area contributed by atoms with E-state index in [9.17, 15) is 5.11 Å². The first-order valence-corrected chi connectivity index (χ1v) is 4.13. The number of aliphatic hydroxyl groups is 1. The van der Waals surface area contributed by atoms with Crippen LogP contribution in [0.2, 0.25) is 0 Å². The fraction of sp³-hybridized carbons (Fsp3) is 0.0909. The summed E-state index contributed by atoms with van der Waals surface area (Å²) in [6, 6.07) is 9.69. The molecule has 1 aromatic rings. The second-order valence-electron chi connectivity index (χ2n) is 2.81. The molecule has 13 heavy (non-hydrogen) atoms. The molecule has 1 aromatic carbocycles. The Hall–Kier alpha value is -1.54. The molecule has 0 amide bonds. The molecular formula is C11H10O2. The van der Waals surface area contributed by atoms with Gasteiger partial charge in [-0.1, -0.05) is 30.3 Å². The molecule has 0 saturated carbocycles. The average Bonchev–Trinajstić information content (AvgIpc) is 2.20. The van der Waals surface area contributed by atoms with Gasteiger partial charge in [0.2, 0.25) is 6.29 Å². The lowest BCUT2D eigenvalue weighted by molar-refractivity contribution is -0.00448. The maximum atomic E-state index is 9.48. The van der Waals surface area contributed by atoms with Crippen LogP contribution in [-0.2, 0) is 4.74 Å². The molecule has 1 atom stereocenters. The zero-order valence-electron chi connectivity index (χ0n) is 7.05. The SMILES string of the molecule is OC1OC=CC=C1c1ccccc1. The number of rotatable bonds is 1.